The van der Waals surface area contributed by atoms with E-state index in [2.05, 4.69) is 20.0 Å². The first-order valence-electron chi connectivity index (χ1n) is 13.6. The summed E-state index contributed by atoms with van der Waals surface area (Å²) in [5.74, 6) is 0.411. The Morgan fingerprint density at radius 1 is 0.826 bits per heavy atom. The van der Waals surface area contributed by atoms with E-state index in [1.54, 1.807) is 65.2 Å². The van der Waals surface area contributed by atoms with Crippen molar-refractivity contribution < 1.29 is 36.9 Å². The van der Waals surface area contributed by atoms with Crippen LogP contribution in [0.3, 0.4) is 0 Å². The number of nitrogens with one attached hydrogen (secondary N) is 1. The summed E-state index contributed by atoms with van der Waals surface area (Å²) in [6, 6.07) is 21.6. The molecule has 6 aromatic rings. The third kappa shape index (κ3) is 6.11. The second-order valence-corrected chi connectivity index (χ2v) is 9.79. The molecule has 1 amide bonds. The lowest BCUT2D eigenvalue weighted by molar-refractivity contribution is -0.274. The predicted molar refractivity (Wildman–Crippen MR) is 163 cm³/mol. The maximum atomic E-state index is 13.5. The number of halogens is 3. The van der Waals surface area contributed by atoms with Gasteiger partial charge in [0.15, 0.2) is 11.5 Å². The summed E-state index contributed by atoms with van der Waals surface area (Å²) in [7, 11) is 3.03. The lowest BCUT2D eigenvalue weighted by atomic mass is 10.1. The Labute approximate surface area is 258 Å². The molecule has 0 fully saturated rings. The largest absolute Gasteiger partial charge is 0.573 e. The molecule has 13 heteroatoms. The van der Waals surface area contributed by atoms with Crippen molar-refractivity contribution in [3.63, 3.8) is 0 Å². The Kier molecular flexibility index (Phi) is 7.88. The molecule has 232 valence electrons. The number of anilines is 1. The summed E-state index contributed by atoms with van der Waals surface area (Å²) in [5, 5.41) is 3.53. The number of hydrogen-bond acceptors (Lipinski definition) is 8. The van der Waals surface area contributed by atoms with Gasteiger partial charge in [-0.1, -0.05) is 18.2 Å². The Morgan fingerprint density at radius 2 is 1.57 bits per heavy atom. The zero-order chi connectivity index (χ0) is 32.4. The number of rotatable bonds is 8. The maximum absolute atomic E-state index is 13.5. The van der Waals surface area contributed by atoms with Crippen LogP contribution in [-0.4, -0.2) is 41.0 Å². The number of para-hydroxylation sites is 1. The number of methoxy groups -OCH3 is 2. The van der Waals surface area contributed by atoms with E-state index in [0.29, 0.717) is 45.0 Å². The van der Waals surface area contributed by atoms with Gasteiger partial charge in [0, 0.05) is 35.1 Å². The van der Waals surface area contributed by atoms with Crippen molar-refractivity contribution in [1.29, 1.82) is 0 Å². The SMILES string of the molecule is COc1cc2ncnc(Oc3cccc(NC(=O)c4cn(-c5ccc(OC(F)(F)F)cc5)c5ccccc5c4=O)c3)c2cc1OC. The molecule has 0 atom stereocenters. The van der Waals surface area contributed by atoms with Gasteiger partial charge in [-0.05, 0) is 54.6 Å². The zero-order valence-corrected chi connectivity index (χ0v) is 24.2. The number of fused-ring (bicyclic) bond motifs is 2. The highest BCUT2D eigenvalue weighted by Gasteiger charge is 2.31. The molecule has 1 N–H and O–H groups in total. The van der Waals surface area contributed by atoms with Gasteiger partial charge < -0.3 is 28.8 Å². The van der Waals surface area contributed by atoms with Gasteiger partial charge in [0.2, 0.25) is 11.3 Å². The molecule has 0 spiro atoms. The summed E-state index contributed by atoms with van der Waals surface area (Å²) in [5.41, 5.74) is 1.03. The van der Waals surface area contributed by atoms with Crippen molar-refractivity contribution >= 4 is 33.4 Å². The van der Waals surface area contributed by atoms with Gasteiger partial charge in [-0.15, -0.1) is 13.2 Å². The van der Waals surface area contributed by atoms with Gasteiger partial charge in [0.05, 0.1) is 30.6 Å². The van der Waals surface area contributed by atoms with Crippen molar-refractivity contribution in [1.82, 2.24) is 14.5 Å². The normalized spacial score (nSPS) is 11.3. The van der Waals surface area contributed by atoms with E-state index in [4.69, 9.17) is 14.2 Å². The Morgan fingerprint density at radius 3 is 2.30 bits per heavy atom. The topological polar surface area (TPSA) is 114 Å². The smallest absolute Gasteiger partial charge is 0.493 e. The molecule has 0 saturated carbocycles. The minimum atomic E-state index is -4.84. The van der Waals surface area contributed by atoms with Crippen molar-refractivity contribution in [2.75, 3.05) is 19.5 Å². The zero-order valence-electron chi connectivity index (χ0n) is 24.2. The highest BCUT2D eigenvalue weighted by molar-refractivity contribution is 6.06. The number of alkyl halides is 3. The summed E-state index contributed by atoms with van der Waals surface area (Å²) in [4.78, 5) is 35.4. The summed E-state index contributed by atoms with van der Waals surface area (Å²) in [6.45, 7) is 0. The number of ether oxygens (including phenoxy) is 4. The number of amides is 1. The molecule has 0 radical (unpaired) electrons. The number of carbonyl (C=O) groups is 1. The van der Waals surface area contributed by atoms with Crippen LogP contribution in [0.15, 0.2) is 102 Å². The molecule has 0 unspecified atom stereocenters. The number of benzene rings is 4. The molecule has 10 nitrogen and oxygen atoms in total. The molecule has 0 aliphatic rings. The van der Waals surface area contributed by atoms with Crippen LogP contribution in [0.5, 0.6) is 28.9 Å². The second kappa shape index (κ2) is 12.1. The van der Waals surface area contributed by atoms with Crippen molar-refractivity contribution in [2.24, 2.45) is 0 Å². The molecule has 2 aromatic heterocycles. The average Bonchev–Trinajstić information content (AvgIpc) is 3.04. The predicted octanol–water partition coefficient (Wildman–Crippen LogP) is 6.89. The minimum Gasteiger partial charge on any atom is -0.493 e. The van der Waals surface area contributed by atoms with Crippen molar-refractivity contribution in [3.05, 3.63) is 113 Å². The summed E-state index contributed by atoms with van der Waals surface area (Å²) >= 11 is 0. The number of aromatic nitrogens is 3. The van der Waals surface area contributed by atoms with Crippen LogP contribution in [-0.2, 0) is 0 Å². The number of pyridine rings is 1. The Hall–Kier alpha value is -6.11. The van der Waals surface area contributed by atoms with Crippen LogP contribution in [0, 0.1) is 0 Å². The maximum Gasteiger partial charge on any atom is 0.573 e. The molecule has 0 aliphatic carbocycles. The highest BCUT2D eigenvalue weighted by atomic mass is 19.4. The molecule has 2 heterocycles. The van der Waals surface area contributed by atoms with Gasteiger partial charge in [-0.3, -0.25) is 9.59 Å². The third-order valence-electron chi connectivity index (χ3n) is 6.91. The molecule has 0 bridgehead atoms. The Bertz CT molecular complexity index is 2150. The van der Waals surface area contributed by atoms with E-state index in [-0.39, 0.29) is 16.8 Å². The average molecular weight is 629 g/mol. The summed E-state index contributed by atoms with van der Waals surface area (Å²) in [6.07, 6.45) is -2.16. The third-order valence-corrected chi connectivity index (χ3v) is 6.91. The first-order chi connectivity index (χ1) is 22.1. The van der Waals surface area contributed by atoms with Gasteiger partial charge in [0.25, 0.3) is 5.91 Å². The first-order valence-corrected chi connectivity index (χ1v) is 13.6. The van der Waals surface area contributed by atoms with Crippen LogP contribution >= 0.6 is 0 Å². The van der Waals surface area contributed by atoms with Crippen LogP contribution in [0.25, 0.3) is 27.5 Å². The van der Waals surface area contributed by atoms with E-state index in [1.807, 2.05) is 0 Å². The van der Waals surface area contributed by atoms with Crippen molar-refractivity contribution in [3.8, 4) is 34.6 Å². The van der Waals surface area contributed by atoms with Gasteiger partial charge >= 0.3 is 6.36 Å². The molecular weight excluding hydrogens is 605 g/mol. The van der Waals surface area contributed by atoms with Gasteiger partial charge in [-0.25, -0.2) is 9.97 Å². The standard InChI is InChI=1S/C33H23F3N4O6/c1-43-28-15-24-26(16-29(28)44-2)37-18-38-32(24)45-22-7-5-6-19(14-22)39-31(42)25-17-40(27-9-4-3-8-23(27)30(25)41)20-10-12-21(13-11-20)46-33(34,35)36/h3-18H,1-2H3,(H,39,42). The van der Waals surface area contributed by atoms with E-state index in [9.17, 15) is 22.8 Å². The quantitative estimate of drug-likeness (QED) is 0.194. The molecule has 6 rings (SSSR count). The summed E-state index contributed by atoms with van der Waals surface area (Å²) < 4.78 is 60.3. The fourth-order valence-corrected chi connectivity index (χ4v) is 4.85. The van der Waals surface area contributed by atoms with E-state index in [0.717, 1.165) is 12.1 Å². The monoisotopic (exact) mass is 628 g/mol. The fraction of sp³-hybridized carbons (Fsp3) is 0.0909. The van der Waals surface area contributed by atoms with Crippen LogP contribution < -0.4 is 29.7 Å². The van der Waals surface area contributed by atoms with Crippen LogP contribution in [0.1, 0.15) is 10.4 Å². The second-order valence-electron chi connectivity index (χ2n) is 9.79. The van der Waals surface area contributed by atoms with E-state index >= 15 is 0 Å². The fourth-order valence-electron chi connectivity index (χ4n) is 4.85. The number of hydrogen-bond donors (Lipinski definition) is 1. The lowest BCUT2D eigenvalue weighted by Crippen LogP contribution is -2.23. The molecule has 0 saturated heterocycles. The molecular formula is C33H23F3N4O6. The Balaban J connectivity index is 1.30. The minimum absolute atomic E-state index is 0.191. The van der Waals surface area contributed by atoms with E-state index in [1.165, 1.54) is 38.9 Å². The van der Waals surface area contributed by atoms with Gasteiger partial charge in [-0.2, -0.15) is 0 Å². The molecule has 46 heavy (non-hydrogen) atoms. The van der Waals surface area contributed by atoms with Crippen molar-refractivity contribution in [2.45, 2.75) is 6.36 Å². The molecule has 0 aliphatic heterocycles. The van der Waals surface area contributed by atoms with Crippen LogP contribution in [0.4, 0.5) is 18.9 Å². The number of carbonyl (C=O) groups excluding carboxylic acids is 1. The molecule has 4 aromatic carbocycles. The highest BCUT2D eigenvalue weighted by Crippen LogP contribution is 2.36. The first kappa shape index (κ1) is 29.9. The number of nitrogens with zero attached hydrogens (tertiary/aromatic N) is 3. The van der Waals surface area contributed by atoms with E-state index < -0.39 is 23.4 Å². The van der Waals surface area contributed by atoms with Gasteiger partial charge in [0.1, 0.15) is 23.4 Å². The van der Waals surface area contributed by atoms with Crippen LogP contribution in [0.2, 0.25) is 0 Å². The lowest BCUT2D eigenvalue weighted by Gasteiger charge is -2.15.